The topological polar surface area (TPSA) is 26.3 Å². The highest BCUT2D eigenvalue weighted by molar-refractivity contribution is 9.10. The van der Waals surface area contributed by atoms with Crippen molar-refractivity contribution < 1.29 is 9.53 Å². The van der Waals surface area contributed by atoms with Gasteiger partial charge in [0.2, 0.25) is 0 Å². The van der Waals surface area contributed by atoms with Crippen LogP contribution in [0.1, 0.15) is 25.7 Å². The highest BCUT2D eigenvalue weighted by atomic mass is 79.9. The second kappa shape index (κ2) is 5.20. The van der Waals surface area contributed by atoms with Gasteiger partial charge in [-0.3, -0.25) is 4.79 Å². The van der Waals surface area contributed by atoms with Gasteiger partial charge in [0.15, 0.2) is 0 Å². The molecule has 4 heteroatoms. The highest BCUT2D eigenvalue weighted by Crippen LogP contribution is 2.34. The van der Waals surface area contributed by atoms with E-state index in [1.807, 2.05) is 0 Å². The molecule has 0 aliphatic heterocycles. The quantitative estimate of drug-likeness (QED) is 0.569. The molecule has 13 heavy (non-hydrogen) atoms. The summed E-state index contributed by atoms with van der Waals surface area (Å²) in [4.78, 5) is 11.0. The van der Waals surface area contributed by atoms with Crippen molar-refractivity contribution in [1.82, 2.24) is 0 Å². The molecule has 0 N–H and O–H groups in total. The summed E-state index contributed by atoms with van der Waals surface area (Å²) in [6.45, 7) is 0. The van der Waals surface area contributed by atoms with E-state index in [0.29, 0.717) is 0 Å². The summed E-state index contributed by atoms with van der Waals surface area (Å²) in [6.07, 6.45) is 4.35. The van der Waals surface area contributed by atoms with E-state index in [0.717, 1.165) is 19.3 Å². The van der Waals surface area contributed by atoms with Gasteiger partial charge in [-0.05, 0) is 18.8 Å². The summed E-state index contributed by atoms with van der Waals surface area (Å²) in [5, 5.41) is 0.109. The number of alkyl halides is 2. The van der Waals surface area contributed by atoms with Crippen LogP contribution in [0.2, 0.25) is 0 Å². The minimum Gasteiger partial charge on any atom is -0.468 e. The Bertz CT molecular complexity index is 186. The van der Waals surface area contributed by atoms with Gasteiger partial charge < -0.3 is 4.74 Å². The highest BCUT2D eigenvalue weighted by Gasteiger charge is 2.33. The first-order valence-electron chi connectivity index (χ1n) is 4.52. The second-order valence-electron chi connectivity index (χ2n) is 3.39. The number of esters is 1. The summed E-state index contributed by atoms with van der Waals surface area (Å²) in [6, 6.07) is 0. The van der Waals surface area contributed by atoms with Crippen LogP contribution in [0.15, 0.2) is 0 Å². The number of hydrogen-bond acceptors (Lipinski definition) is 2. The zero-order valence-corrected chi connectivity index (χ0v) is 9.97. The SMILES string of the molecule is COC(=O)C(Br)C1CCCCC1Cl. The number of hydrogen-bond donors (Lipinski definition) is 0. The molecule has 0 aromatic rings. The first-order valence-corrected chi connectivity index (χ1v) is 5.88. The standard InChI is InChI=1S/C9H14BrClO2/c1-13-9(12)8(10)6-4-2-3-5-7(6)11/h6-8H,2-5H2,1H3. The Morgan fingerprint density at radius 2 is 2.15 bits per heavy atom. The third-order valence-electron chi connectivity index (χ3n) is 2.53. The van der Waals surface area contributed by atoms with Crippen molar-refractivity contribution in [2.24, 2.45) is 5.92 Å². The molecule has 0 aromatic heterocycles. The average Bonchev–Trinajstić information content (AvgIpc) is 2.16. The van der Waals surface area contributed by atoms with Crippen LogP contribution in [-0.4, -0.2) is 23.3 Å². The fraction of sp³-hybridized carbons (Fsp3) is 0.889. The molecular weight excluding hydrogens is 255 g/mol. The monoisotopic (exact) mass is 268 g/mol. The Hall–Kier alpha value is 0.240. The molecule has 3 atom stereocenters. The van der Waals surface area contributed by atoms with Gasteiger partial charge in [-0.25, -0.2) is 0 Å². The smallest absolute Gasteiger partial charge is 0.319 e. The molecule has 1 rings (SSSR count). The number of carbonyl (C=O) groups is 1. The molecule has 76 valence electrons. The molecule has 1 fully saturated rings. The number of halogens is 2. The molecule has 1 aliphatic carbocycles. The van der Waals surface area contributed by atoms with E-state index < -0.39 is 0 Å². The Morgan fingerprint density at radius 3 is 2.69 bits per heavy atom. The molecule has 0 bridgehead atoms. The van der Waals surface area contributed by atoms with Gasteiger partial charge in [0, 0.05) is 5.38 Å². The van der Waals surface area contributed by atoms with Crippen LogP contribution in [0.4, 0.5) is 0 Å². The first kappa shape index (κ1) is 11.3. The molecule has 2 nitrogen and oxygen atoms in total. The summed E-state index contributed by atoms with van der Waals surface area (Å²) in [5.41, 5.74) is 0. The maximum absolute atomic E-state index is 11.2. The Labute approximate surface area is 92.1 Å². The fourth-order valence-corrected chi connectivity index (χ4v) is 3.15. The van der Waals surface area contributed by atoms with E-state index in [9.17, 15) is 4.79 Å². The van der Waals surface area contributed by atoms with Crippen LogP contribution in [0.5, 0.6) is 0 Å². The normalized spacial score (nSPS) is 31.0. The van der Waals surface area contributed by atoms with Crippen LogP contribution in [0.3, 0.4) is 0 Å². The Kier molecular flexibility index (Phi) is 4.53. The van der Waals surface area contributed by atoms with Crippen LogP contribution in [0, 0.1) is 5.92 Å². The zero-order chi connectivity index (χ0) is 9.84. The van der Waals surface area contributed by atoms with Gasteiger partial charge in [-0.1, -0.05) is 28.8 Å². The van der Waals surface area contributed by atoms with Crippen LogP contribution in [-0.2, 0) is 9.53 Å². The fourth-order valence-electron chi connectivity index (χ4n) is 1.73. The molecule has 1 saturated carbocycles. The predicted molar refractivity (Wildman–Crippen MR) is 56.3 cm³/mol. The van der Waals surface area contributed by atoms with Gasteiger partial charge in [0.05, 0.1) is 7.11 Å². The Balaban J connectivity index is 2.53. The van der Waals surface area contributed by atoms with Gasteiger partial charge >= 0.3 is 5.97 Å². The van der Waals surface area contributed by atoms with E-state index in [4.69, 9.17) is 11.6 Å². The van der Waals surface area contributed by atoms with Gasteiger partial charge in [-0.15, -0.1) is 11.6 Å². The van der Waals surface area contributed by atoms with Crippen LogP contribution < -0.4 is 0 Å². The molecule has 0 heterocycles. The summed E-state index contributed by atoms with van der Waals surface area (Å²) in [7, 11) is 1.41. The summed E-state index contributed by atoms with van der Waals surface area (Å²) < 4.78 is 4.67. The lowest BCUT2D eigenvalue weighted by Gasteiger charge is -2.29. The minimum atomic E-state index is -0.236. The Morgan fingerprint density at radius 1 is 1.54 bits per heavy atom. The predicted octanol–water partition coefficient (Wildman–Crippen LogP) is 2.72. The van der Waals surface area contributed by atoms with Crippen molar-refractivity contribution >= 4 is 33.5 Å². The van der Waals surface area contributed by atoms with E-state index in [1.54, 1.807) is 0 Å². The lowest BCUT2D eigenvalue weighted by atomic mass is 9.86. The third-order valence-corrected chi connectivity index (χ3v) is 4.13. The third kappa shape index (κ3) is 2.84. The van der Waals surface area contributed by atoms with Gasteiger partial charge in [-0.2, -0.15) is 0 Å². The van der Waals surface area contributed by atoms with E-state index in [1.165, 1.54) is 13.5 Å². The van der Waals surface area contributed by atoms with Gasteiger partial charge in [0.1, 0.15) is 4.83 Å². The zero-order valence-electron chi connectivity index (χ0n) is 7.63. The number of methoxy groups -OCH3 is 1. The van der Waals surface area contributed by atoms with E-state index in [-0.39, 0.29) is 22.1 Å². The molecule has 0 radical (unpaired) electrons. The molecule has 0 aromatic carbocycles. The molecule has 1 aliphatic rings. The van der Waals surface area contributed by atoms with Crippen molar-refractivity contribution in [2.45, 2.75) is 35.9 Å². The van der Waals surface area contributed by atoms with Crippen molar-refractivity contribution in [3.05, 3.63) is 0 Å². The van der Waals surface area contributed by atoms with Crippen LogP contribution >= 0.6 is 27.5 Å². The lowest BCUT2D eigenvalue weighted by Crippen LogP contribution is -2.33. The lowest BCUT2D eigenvalue weighted by molar-refractivity contribution is -0.141. The molecule has 3 unspecified atom stereocenters. The van der Waals surface area contributed by atoms with Crippen molar-refractivity contribution in [3.63, 3.8) is 0 Å². The van der Waals surface area contributed by atoms with Crippen molar-refractivity contribution in [3.8, 4) is 0 Å². The van der Waals surface area contributed by atoms with E-state index in [2.05, 4.69) is 20.7 Å². The summed E-state index contributed by atoms with van der Waals surface area (Å²) >= 11 is 9.49. The summed E-state index contributed by atoms with van der Waals surface area (Å²) in [5.74, 6) is 0.0143. The second-order valence-corrected chi connectivity index (χ2v) is 4.94. The number of ether oxygens (including phenoxy) is 1. The van der Waals surface area contributed by atoms with E-state index >= 15 is 0 Å². The molecule has 0 spiro atoms. The maximum atomic E-state index is 11.2. The molecular formula is C9H14BrClO2. The largest absolute Gasteiger partial charge is 0.468 e. The minimum absolute atomic E-state index is 0.109. The van der Waals surface area contributed by atoms with Gasteiger partial charge in [0.25, 0.3) is 0 Å². The molecule has 0 amide bonds. The maximum Gasteiger partial charge on any atom is 0.319 e. The number of carbonyl (C=O) groups excluding carboxylic acids is 1. The first-order chi connectivity index (χ1) is 6.16. The van der Waals surface area contributed by atoms with Crippen LogP contribution in [0.25, 0.3) is 0 Å². The molecule has 0 saturated heterocycles. The van der Waals surface area contributed by atoms with Crippen molar-refractivity contribution in [2.75, 3.05) is 7.11 Å². The number of rotatable bonds is 2. The average molecular weight is 270 g/mol. The van der Waals surface area contributed by atoms with Crippen molar-refractivity contribution in [1.29, 1.82) is 0 Å².